The van der Waals surface area contributed by atoms with Gasteiger partial charge in [-0.25, -0.2) is 0 Å². The average molecular weight is 898 g/mol. The van der Waals surface area contributed by atoms with Crippen molar-refractivity contribution in [3.8, 4) is 0 Å². The molecule has 0 spiro atoms. The van der Waals surface area contributed by atoms with Crippen LogP contribution in [0.15, 0.2) is 48.6 Å². The minimum atomic E-state index is -1.79. The van der Waals surface area contributed by atoms with Crippen molar-refractivity contribution < 1.29 is 64.6 Å². The number of aliphatic hydroxyl groups excluding tert-OH is 8. The Morgan fingerprint density at radius 3 is 1.68 bits per heavy atom. The number of unbranched alkanes of at least 4 members (excludes halogenated alkanes) is 17. The molecule has 0 radical (unpaired) electrons. The van der Waals surface area contributed by atoms with Crippen LogP contribution >= 0.6 is 0 Å². The van der Waals surface area contributed by atoms with E-state index in [1.165, 1.54) is 64.2 Å². The lowest BCUT2D eigenvalue weighted by molar-refractivity contribution is -0.359. The van der Waals surface area contributed by atoms with Gasteiger partial charge in [0.2, 0.25) is 5.91 Å². The number of allylic oxidation sites excluding steroid dienone is 7. The Bertz CT molecular complexity index is 1250. The van der Waals surface area contributed by atoms with Crippen molar-refractivity contribution in [2.45, 2.75) is 235 Å². The van der Waals surface area contributed by atoms with Crippen LogP contribution in [0.4, 0.5) is 0 Å². The normalized spacial score (nSPS) is 27.9. The second-order valence-electron chi connectivity index (χ2n) is 17.2. The quantitative estimate of drug-likeness (QED) is 0.0272. The topological polar surface area (TPSA) is 228 Å². The first kappa shape index (κ1) is 57.1. The van der Waals surface area contributed by atoms with Crippen molar-refractivity contribution in [1.29, 1.82) is 0 Å². The van der Waals surface area contributed by atoms with Gasteiger partial charge in [0.25, 0.3) is 0 Å². The van der Waals surface area contributed by atoms with Gasteiger partial charge in [-0.2, -0.15) is 0 Å². The van der Waals surface area contributed by atoms with Crippen LogP contribution in [0.5, 0.6) is 0 Å². The van der Waals surface area contributed by atoms with Gasteiger partial charge < -0.3 is 65.1 Å². The molecule has 63 heavy (non-hydrogen) atoms. The number of hydrogen-bond acceptors (Lipinski definition) is 13. The molecular weight excluding hydrogens is 811 g/mol. The highest BCUT2D eigenvalue weighted by Crippen LogP contribution is 2.30. The van der Waals surface area contributed by atoms with Crippen molar-refractivity contribution in [3.05, 3.63) is 48.6 Å². The first-order valence-electron chi connectivity index (χ1n) is 24.4. The monoisotopic (exact) mass is 898 g/mol. The Labute approximate surface area is 378 Å². The summed E-state index contributed by atoms with van der Waals surface area (Å²) in [5, 5.41) is 86.6. The van der Waals surface area contributed by atoms with Crippen LogP contribution in [0.25, 0.3) is 0 Å². The Hall–Kier alpha value is -2.05. The highest BCUT2D eigenvalue weighted by molar-refractivity contribution is 5.76. The van der Waals surface area contributed by atoms with Gasteiger partial charge in [-0.15, -0.1) is 0 Å². The highest BCUT2D eigenvalue weighted by atomic mass is 16.7. The molecule has 2 aliphatic heterocycles. The van der Waals surface area contributed by atoms with Gasteiger partial charge in [0, 0.05) is 6.42 Å². The fourth-order valence-corrected chi connectivity index (χ4v) is 7.77. The van der Waals surface area contributed by atoms with Gasteiger partial charge >= 0.3 is 0 Å². The Balaban J connectivity index is 1.89. The summed E-state index contributed by atoms with van der Waals surface area (Å²) in [6.07, 6.45) is 24.3. The molecule has 9 N–H and O–H groups in total. The number of carbonyl (C=O) groups excluding carboxylic acids is 1. The van der Waals surface area contributed by atoms with Gasteiger partial charge in [-0.3, -0.25) is 4.79 Å². The molecule has 366 valence electrons. The van der Waals surface area contributed by atoms with E-state index in [9.17, 15) is 45.6 Å². The Morgan fingerprint density at radius 2 is 1.10 bits per heavy atom. The molecule has 2 aliphatic rings. The third kappa shape index (κ3) is 23.8. The summed E-state index contributed by atoms with van der Waals surface area (Å²) >= 11 is 0. The molecule has 0 bridgehead atoms. The summed E-state index contributed by atoms with van der Waals surface area (Å²) in [6, 6.07) is -0.922. The second kappa shape index (κ2) is 36.1. The zero-order chi connectivity index (χ0) is 46.1. The molecule has 0 aromatic rings. The minimum absolute atomic E-state index is 0.260. The maximum absolute atomic E-state index is 13.1. The van der Waals surface area contributed by atoms with Gasteiger partial charge in [0.15, 0.2) is 12.6 Å². The summed E-state index contributed by atoms with van der Waals surface area (Å²) < 4.78 is 22.6. The van der Waals surface area contributed by atoms with Gasteiger partial charge in [-0.1, -0.05) is 152 Å². The molecule has 0 saturated carbocycles. The lowest BCUT2D eigenvalue weighted by Crippen LogP contribution is -2.65. The largest absolute Gasteiger partial charge is 0.394 e. The molecule has 2 fully saturated rings. The first-order valence-corrected chi connectivity index (χ1v) is 24.4. The number of amides is 1. The molecule has 2 heterocycles. The number of ether oxygens (including phenoxy) is 4. The van der Waals surface area contributed by atoms with Crippen molar-refractivity contribution >= 4 is 5.91 Å². The van der Waals surface area contributed by atoms with Crippen molar-refractivity contribution in [2.75, 3.05) is 19.8 Å². The van der Waals surface area contributed by atoms with Crippen LogP contribution in [0.1, 0.15) is 162 Å². The first-order chi connectivity index (χ1) is 30.6. The Kier molecular flexibility index (Phi) is 32.7. The molecular formula is C49H87NO13. The second-order valence-corrected chi connectivity index (χ2v) is 17.2. The number of rotatable bonds is 36. The van der Waals surface area contributed by atoms with Crippen LogP contribution in [-0.4, -0.2) is 140 Å². The van der Waals surface area contributed by atoms with Crippen LogP contribution < -0.4 is 5.32 Å². The van der Waals surface area contributed by atoms with Gasteiger partial charge in [0.05, 0.1) is 32.0 Å². The maximum Gasteiger partial charge on any atom is 0.220 e. The third-order valence-corrected chi connectivity index (χ3v) is 11.8. The molecule has 12 atom stereocenters. The predicted molar refractivity (Wildman–Crippen MR) is 244 cm³/mol. The number of aliphatic hydroxyl groups is 8. The van der Waals surface area contributed by atoms with E-state index in [0.29, 0.717) is 6.42 Å². The van der Waals surface area contributed by atoms with Crippen LogP contribution in [0.3, 0.4) is 0 Å². The van der Waals surface area contributed by atoms with Crippen LogP contribution in [0.2, 0.25) is 0 Å². The van der Waals surface area contributed by atoms with Crippen molar-refractivity contribution in [1.82, 2.24) is 5.32 Å². The molecule has 1 amide bonds. The molecule has 2 saturated heterocycles. The molecule has 0 aromatic heterocycles. The highest BCUT2D eigenvalue weighted by Gasteiger charge is 2.51. The van der Waals surface area contributed by atoms with E-state index >= 15 is 0 Å². The fraction of sp³-hybridized carbons (Fsp3) is 0.816. The Morgan fingerprint density at radius 1 is 0.587 bits per heavy atom. The molecule has 0 aliphatic carbocycles. The van der Waals surface area contributed by atoms with E-state index < -0.39 is 86.8 Å². The summed E-state index contributed by atoms with van der Waals surface area (Å²) in [6.45, 7) is 2.64. The van der Waals surface area contributed by atoms with Gasteiger partial charge in [-0.05, 0) is 51.4 Å². The van der Waals surface area contributed by atoms with Crippen LogP contribution in [0, 0.1) is 0 Å². The summed E-state index contributed by atoms with van der Waals surface area (Å²) in [4.78, 5) is 13.1. The van der Waals surface area contributed by atoms with Crippen molar-refractivity contribution in [3.63, 3.8) is 0 Å². The lowest BCUT2D eigenvalue weighted by atomic mass is 9.97. The third-order valence-electron chi connectivity index (χ3n) is 11.8. The molecule has 0 aromatic carbocycles. The molecule has 2 rings (SSSR count). The van der Waals surface area contributed by atoms with E-state index in [4.69, 9.17) is 18.9 Å². The zero-order valence-electron chi connectivity index (χ0n) is 38.6. The van der Waals surface area contributed by atoms with E-state index in [0.717, 1.165) is 70.6 Å². The maximum atomic E-state index is 13.1. The minimum Gasteiger partial charge on any atom is -0.394 e. The van der Waals surface area contributed by atoms with Gasteiger partial charge in [0.1, 0.15) is 48.8 Å². The van der Waals surface area contributed by atoms with E-state index in [1.54, 1.807) is 6.08 Å². The summed E-state index contributed by atoms with van der Waals surface area (Å²) in [7, 11) is 0. The van der Waals surface area contributed by atoms with Crippen LogP contribution in [-0.2, 0) is 23.7 Å². The van der Waals surface area contributed by atoms with E-state index in [2.05, 4.69) is 55.6 Å². The average Bonchev–Trinajstić information content (AvgIpc) is 3.28. The van der Waals surface area contributed by atoms with Crippen molar-refractivity contribution in [2.24, 2.45) is 0 Å². The predicted octanol–water partition coefficient (Wildman–Crippen LogP) is 5.71. The van der Waals surface area contributed by atoms with E-state index in [-0.39, 0.29) is 18.9 Å². The standard InChI is InChI=1S/C49H87NO13/c1-3-5-7-9-11-13-15-17-19-21-23-25-27-29-31-33-41(54)50-37(38(53)32-30-28-26-24-22-20-18-16-14-12-10-8-6-4-2)36-60-48-46(59)44(57)47(40(35-52)62-48)63-49-45(58)43(56)42(55)39(34-51)61-49/h5,7,11,13,17,19,30,32,37-40,42-49,51-53,55-59H,3-4,6,8-10,12,14-16,18,20-29,31,33-36H2,1-2H3,(H,50,54)/b7-5-,13-11-,19-17-,32-30+. The fourth-order valence-electron chi connectivity index (χ4n) is 7.77. The summed E-state index contributed by atoms with van der Waals surface area (Å²) in [5.41, 5.74) is 0. The number of hydrogen-bond donors (Lipinski definition) is 9. The SMILES string of the molecule is CC/C=C\C/C=C\C/C=C\CCCCCCCC(=O)NC(COC1OC(CO)C(OC2OC(CO)C(O)C(O)C2O)C(O)C1O)C(O)/C=C/CCCCCCCCCCCCCC. The molecule has 14 heteroatoms. The molecule has 12 unspecified atom stereocenters. The van der Waals surface area contributed by atoms with E-state index in [1.807, 2.05) is 6.08 Å². The number of nitrogens with one attached hydrogen (secondary N) is 1. The summed E-state index contributed by atoms with van der Waals surface area (Å²) in [5.74, 6) is -0.260. The molecule has 14 nitrogen and oxygen atoms in total. The number of carbonyl (C=O) groups is 1. The lowest BCUT2D eigenvalue weighted by Gasteiger charge is -2.46. The zero-order valence-corrected chi connectivity index (χ0v) is 38.6. The smallest absolute Gasteiger partial charge is 0.220 e.